The van der Waals surface area contributed by atoms with Crippen LogP contribution in [0.25, 0.3) is 0 Å². The van der Waals surface area contributed by atoms with E-state index in [1.54, 1.807) is 17.0 Å². The fourth-order valence-electron chi connectivity index (χ4n) is 3.00. The molecule has 2 heterocycles. The lowest BCUT2D eigenvalue weighted by molar-refractivity contribution is 0.0576. The number of nitrogens with zero attached hydrogens (tertiary/aromatic N) is 3. The van der Waals surface area contributed by atoms with Crippen LogP contribution in [0.3, 0.4) is 0 Å². The van der Waals surface area contributed by atoms with Gasteiger partial charge in [-0.25, -0.2) is 0 Å². The first-order chi connectivity index (χ1) is 11.7. The van der Waals surface area contributed by atoms with Crippen LogP contribution in [0.2, 0.25) is 0 Å². The van der Waals surface area contributed by atoms with Gasteiger partial charge in [0.15, 0.2) is 5.76 Å². The molecule has 1 aromatic heterocycles. The lowest BCUT2D eigenvalue weighted by Gasteiger charge is -2.36. The maximum Gasteiger partial charge on any atom is 0.289 e. The molecule has 1 aromatic carbocycles. The Kier molecular flexibility index (Phi) is 4.97. The van der Waals surface area contributed by atoms with E-state index in [-0.39, 0.29) is 11.9 Å². The van der Waals surface area contributed by atoms with E-state index in [4.69, 9.17) is 4.42 Å². The van der Waals surface area contributed by atoms with Crippen LogP contribution in [0, 0.1) is 18.3 Å². The molecular formula is C19H21N3O2. The standard InChI is InChI=1S/C19H21N3O2/c1-15-4-6-16(7-5-15)13-17(14-20)21-8-10-22(11-9-21)19(23)18-3-2-12-24-18/h2-7,12,17H,8-11,13H2,1H3. The molecule has 1 aliphatic rings. The van der Waals surface area contributed by atoms with Crippen LogP contribution in [0.4, 0.5) is 0 Å². The predicted molar refractivity (Wildman–Crippen MR) is 90.5 cm³/mol. The van der Waals surface area contributed by atoms with Gasteiger partial charge in [-0.15, -0.1) is 0 Å². The predicted octanol–water partition coefficient (Wildman–Crippen LogP) is 2.48. The third-order valence-electron chi connectivity index (χ3n) is 4.47. The molecule has 2 aromatic rings. The molecule has 3 rings (SSSR count). The second-order valence-corrected chi connectivity index (χ2v) is 6.14. The molecule has 1 amide bonds. The van der Waals surface area contributed by atoms with E-state index >= 15 is 0 Å². The molecule has 5 heteroatoms. The zero-order valence-corrected chi connectivity index (χ0v) is 13.8. The third-order valence-corrected chi connectivity index (χ3v) is 4.47. The molecule has 5 nitrogen and oxygen atoms in total. The first-order valence-corrected chi connectivity index (χ1v) is 8.19. The summed E-state index contributed by atoms with van der Waals surface area (Å²) in [4.78, 5) is 16.2. The average molecular weight is 323 g/mol. The number of carbonyl (C=O) groups excluding carboxylic acids is 1. The van der Waals surface area contributed by atoms with Gasteiger partial charge in [0, 0.05) is 32.6 Å². The van der Waals surface area contributed by atoms with E-state index in [2.05, 4.69) is 42.2 Å². The Morgan fingerprint density at radius 1 is 1.21 bits per heavy atom. The topological polar surface area (TPSA) is 60.5 Å². The van der Waals surface area contributed by atoms with E-state index in [9.17, 15) is 10.1 Å². The summed E-state index contributed by atoms with van der Waals surface area (Å²) >= 11 is 0. The summed E-state index contributed by atoms with van der Waals surface area (Å²) in [6.07, 6.45) is 2.22. The SMILES string of the molecule is Cc1ccc(CC(C#N)N2CCN(C(=O)c3ccco3)CC2)cc1. The van der Waals surface area contributed by atoms with E-state index in [1.807, 2.05) is 0 Å². The summed E-state index contributed by atoms with van der Waals surface area (Å²) in [7, 11) is 0. The van der Waals surface area contributed by atoms with Crippen molar-refractivity contribution in [3.8, 4) is 6.07 Å². The van der Waals surface area contributed by atoms with E-state index < -0.39 is 0 Å². The van der Waals surface area contributed by atoms with Crippen LogP contribution in [0.1, 0.15) is 21.7 Å². The van der Waals surface area contributed by atoms with E-state index in [0.717, 1.165) is 0 Å². The number of benzene rings is 1. The maximum atomic E-state index is 12.3. The molecule has 124 valence electrons. The first kappa shape index (κ1) is 16.3. The monoisotopic (exact) mass is 323 g/mol. The smallest absolute Gasteiger partial charge is 0.289 e. The molecule has 1 unspecified atom stereocenters. The fraction of sp³-hybridized carbons (Fsp3) is 0.368. The molecule has 1 aliphatic heterocycles. The molecule has 24 heavy (non-hydrogen) atoms. The highest BCUT2D eigenvalue weighted by molar-refractivity contribution is 5.91. The number of amides is 1. The number of hydrogen-bond acceptors (Lipinski definition) is 4. The van der Waals surface area contributed by atoms with Gasteiger partial charge in [-0.3, -0.25) is 9.69 Å². The minimum atomic E-state index is -0.159. The second-order valence-electron chi connectivity index (χ2n) is 6.14. The molecule has 1 fully saturated rings. The number of nitriles is 1. The summed E-state index contributed by atoms with van der Waals surface area (Å²) in [6, 6.07) is 14.0. The molecule has 0 bridgehead atoms. The van der Waals surface area contributed by atoms with Gasteiger partial charge >= 0.3 is 0 Å². The van der Waals surface area contributed by atoms with Crippen molar-refractivity contribution >= 4 is 5.91 Å². The van der Waals surface area contributed by atoms with Gasteiger partial charge in [0.05, 0.1) is 12.3 Å². The summed E-state index contributed by atoms with van der Waals surface area (Å²) < 4.78 is 5.18. The largest absolute Gasteiger partial charge is 0.459 e. The summed E-state index contributed by atoms with van der Waals surface area (Å²) in [6.45, 7) is 4.70. The molecular weight excluding hydrogens is 302 g/mol. The maximum absolute atomic E-state index is 12.3. The van der Waals surface area contributed by atoms with Gasteiger partial charge in [-0.2, -0.15) is 5.26 Å². The molecule has 0 aliphatic carbocycles. The highest BCUT2D eigenvalue weighted by Crippen LogP contribution is 2.14. The van der Waals surface area contributed by atoms with Crippen molar-refractivity contribution in [2.24, 2.45) is 0 Å². The summed E-state index contributed by atoms with van der Waals surface area (Å²) in [5.41, 5.74) is 2.39. The lowest BCUT2D eigenvalue weighted by atomic mass is 10.0. The van der Waals surface area contributed by atoms with Crippen molar-refractivity contribution < 1.29 is 9.21 Å². The second kappa shape index (κ2) is 7.33. The van der Waals surface area contributed by atoms with Crippen molar-refractivity contribution in [1.29, 1.82) is 5.26 Å². The van der Waals surface area contributed by atoms with E-state index in [1.165, 1.54) is 17.4 Å². The van der Waals surface area contributed by atoms with Gasteiger partial charge in [0.2, 0.25) is 0 Å². The van der Waals surface area contributed by atoms with Crippen molar-refractivity contribution in [3.63, 3.8) is 0 Å². The number of furan rings is 1. The van der Waals surface area contributed by atoms with Gasteiger partial charge in [0.1, 0.15) is 6.04 Å². The number of carbonyl (C=O) groups is 1. The minimum absolute atomic E-state index is 0.0771. The molecule has 0 saturated carbocycles. The van der Waals surface area contributed by atoms with Crippen molar-refractivity contribution in [1.82, 2.24) is 9.80 Å². The van der Waals surface area contributed by atoms with Crippen LogP contribution >= 0.6 is 0 Å². The Morgan fingerprint density at radius 3 is 2.50 bits per heavy atom. The molecule has 0 spiro atoms. The highest BCUT2D eigenvalue weighted by Gasteiger charge is 2.27. The van der Waals surface area contributed by atoms with Gasteiger partial charge in [0.25, 0.3) is 5.91 Å². The van der Waals surface area contributed by atoms with Crippen LogP contribution in [0.5, 0.6) is 0 Å². The Hall–Kier alpha value is -2.58. The molecule has 1 saturated heterocycles. The van der Waals surface area contributed by atoms with Crippen LogP contribution in [0.15, 0.2) is 47.1 Å². The molecule has 1 atom stereocenters. The molecule has 0 N–H and O–H groups in total. The Bertz CT molecular complexity index is 708. The van der Waals surface area contributed by atoms with E-state index in [0.29, 0.717) is 38.4 Å². The quantitative estimate of drug-likeness (QED) is 0.867. The Morgan fingerprint density at radius 2 is 1.92 bits per heavy atom. The van der Waals surface area contributed by atoms with Crippen molar-refractivity contribution in [2.45, 2.75) is 19.4 Å². The van der Waals surface area contributed by atoms with Crippen molar-refractivity contribution in [2.75, 3.05) is 26.2 Å². The van der Waals surface area contributed by atoms with Gasteiger partial charge in [-0.1, -0.05) is 29.8 Å². The normalized spacial score (nSPS) is 16.6. The number of aryl methyl sites for hydroxylation is 1. The minimum Gasteiger partial charge on any atom is -0.459 e. The Labute approximate surface area is 142 Å². The van der Waals surface area contributed by atoms with Crippen LogP contribution in [-0.4, -0.2) is 47.9 Å². The fourth-order valence-corrected chi connectivity index (χ4v) is 3.00. The highest BCUT2D eigenvalue weighted by atomic mass is 16.3. The molecule has 0 radical (unpaired) electrons. The van der Waals surface area contributed by atoms with Crippen LogP contribution < -0.4 is 0 Å². The number of hydrogen-bond donors (Lipinski definition) is 0. The van der Waals surface area contributed by atoms with Gasteiger partial charge in [-0.05, 0) is 24.6 Å². The lowest BCUT2D eigenvalue weighted by Crippen LogP contribution is -2.52. The van der Waals surface area contributed by atoms with Crippen molar-refractivity contribution in [3.05, 3.63) is 59.5 Å². The first-order valence-electron chi connectivity index (χ1n) is 8.19. The summed E-state index contributed by atoms with van der Waals surface area (Å²) in [5, 5.41) is 9.53. The third kappa shape index (κ3) is 3.66. The van der Waals surface area contributed by atoms with Gasteiger partial charge < -0.3 is 9.32 Å². The zero-order chi connectivity index (χ0) is 16.9. The zero-order valence-electron chi connectivity index (χ0n) is 13.8. The number of piperazine rings is 1. The van der Waals surface area contributed by atoms with Crippen LogP contribution in [-0.2, 0) is 6.42 Å². The Balaban J connectivity index is 1.57. The summed E-state index contributed by atoms with van der Waals surface area (Å²) in [5.74, 6) is 0.298. The average Bonchev–Trinajstić information content (AvgIpc) is 3.15. The number of rotatable bonds is 4.